The summed E-state index contributed by atoms with van der Waals surface area (Å²) in [5.74, 6) is -2.70. The Morgan fingerprint density at radius 2 is 1.56 bits per heavy atom. The first kappa shape index (κ1) is 18.7. The van der Waals surface area contributed by atoms with Crippen molar-refractivity contribution < 1.29 is 18.7 Å². The van der Waals surface area contributed by atoms with Gasteiger partial charge in [0.2, 0.25) is 0 Å². The summed E-state index contributed by atoms with van der Waals surface area (Å²) in [6, 6.07) is 20.1. The standard InChI is InChI=1S/C22H19F2NO2/c1-22(27,14-25-21(26)17-9-12-19(23)20(24)13-17)18-10-7-16(8-11-18)15-5-3-2-4-6-15/h2-13,27H,14H2,1H3,(H,25,26). The van der Waals surface area contributed by atoms with Gasteiger partial charge in [0.15, 0.2) is 11.6 Å². The quantitative estimate of drug-likeness (QED) is 0.708. The average molecular weight is 367 g/mol. The molecule has 0 radical (unpaired) electrons. The molecule has 0 spiro atoms. The first-order valence-electron chi connectivity index (χ1n) is 8.48. The van der Waals surface area contributed by atoms with Crippen LogP contribution in [0.15, 0.2) is 72.8 Å². The Hall–Kier alpha value is -3.05. The first-order valence-corrected chi connectivity index (χ1v) is 8.48. The number of hydrogen-bond acceptors (Lipinski definition) is 2. The number of amides is 1. The van der Waals surface area contributed by atoms with E-state index in [0.717, 1.165) is 23.3 Å². The SMILES string of the molecule is CC(O)(CNC(=O)c1ccc(F)c(F)c1)c1ccc(-c2ccccc2)cc1. The molecule has 0 bridgehead atoms. The second-order valence-electron chi connectivity index (χ2n) is 6.53. The Morgan fingerprint density at radius 3 is 2.19 bits per heavy atom. The second kappa shape index (κ2) is 7.68. The van der Waals surface area contributed by atoms with Crippen molar-refractivity contribution in [1.82, 2.24) is 5.32 Å². The first-order chi connectivity index (χ1) is 12.9. The van der Waals surface area contributed by atoms with Crippen molar-refractivity contribution >= 4 is 5.91 Å². The summed E-state index contributed by atoms with van der Waals surface area (Å²) in [6.45, 7) is 1.51. The molecule has 1 amide bonds. The molecule has 0 saturated heterocycles. The van der Waals surface area contributed by atoms with Gasteiger partial charge >= 0.3 is 0 Å². The van der Waals surface area contributed by atoms with E-state index in [4.69, 9.17) is 0 Å². The zero-order valence-corrected chi connectivity index (χ0v) is 14.7. The third-order valence-corrected chi connectivity index (χ3v) is 4.39. The maximum Gasteiger partial charge on any atom is 0.251 e. The third kappa shape index (κ3) is 4.38. The molecule has 0 aliphatic rings. The van der Waals surface area contributed by atoms with Crippen LogP contribution in [0.4, 0.5) is 8.78 Å². The van der Waals surface area contributed by atoms with E-state index in [2.05, 4.69) is 5.32 Å². The number of benzene rings is 3. The van der Waals surface area contributed by atoms with Crippen LogP contribution < -0.4 is 5.32 Å². The van der Waals surface area contributed by atoms with Crippen molar-refractivity contribution in [2.75, 3.05) is 6.54 Å². The second-order valence-corrected chi connectivity index (χ2v) is 6.53. The summed E-state index contributed by atoms with van der Waals surface area (Å²) in [4.78, 5) is 12.1. The highest BCUT2D eigenvalue weighted by Gasteiger charge is 2.24. The van der Waals surface area contributed by atoms with Crippen LogP contribution in [0.3, 0.4) is 0 Å². The lowest BCUT2D eigenvalue weighted by molar-refractivity contribution is 0.0526. The van der Waals surface area contributed by atoms with Crippen molar-refractivity contribution in [1.29, 1.82) is 0 Å². The summed E-state index contributed by atoms with van der Waals surface area (Å²) in [6.07, 6.45) is 0. The Morgan fingerprint density at radius 1 is 0.926 bits per heavy atom. The summed E-state index contributed by atoms with van der Waals surface area (Å²) >= 11 is 0. The monoisotopic (exact) mass is 367 g/mol. The molecular formula is C22H19F2NO2. The Labute approximate surface area is 156 Å². The molecule has 138 valence electrons. The smallest absolute Gasteiger partial charge is 0.251 e. The molecule has 0 aliphatic heterocycles. The summed E-state index contributed by atoms with van der Waals surface area (Å²) in [5.41, 5.74) is 1.39. The number of nitrogens with one attached hydrogen (secondary N) is 1. The fourth-order valence-corrected chi connectivity index (χ4v) is 2.75. The van der Waals surface area contributed by atoms with Crippen molar-refractivity contribution in [3.05, 3.63) is 95.6 Å². The van der Waals surface area contributed by atoms with E-state index in [9.17, 15) is 18.7 Å². The Balaban J connectivity index is 1.69. The van der Waals surface area contributed by atoms with Crippen LogP contribution >= 0.6 is 0 Å². The Kier molecular flexibility index (Phi) is 5.33. The van der Waals surface area contributed by atoms with Crippen LogP contribution in [0.1, 0.15) is 22.8 Å². The minimum Gasteiger partial charge on any atom is -0.384 e. The summed E-state index contributed by atoms with van der Waals surface area (Å²) < 4.78 is 26.2. The normalized spacial score (nSPS) is 13.0. The van der Waals surface area contributed by atoms with Crippen LogP contribution in [0.25, 0.3) is 11.1 Å². The minimum absolute atomic E-state index is 0.0101. The predicted molar refractivity (Wildman–Crippen MR) is 100 cm³/mol. The third-order valence-electron chi connectivity index (χ3n) is 4.39. The Bertz CT molecular complexity index is 938. The molecule has 0 heterocycles. The molecule has 2 N–H and O–H groups in total. The van der Waals surface area contributed by atoms with E-state index in [1.165, 1.54) is 6.07 Å². The van der Waals surface area contributed by atoms with Gasteiger partial charge in [-0.05, 0) is 41.8 Å². The molecule has 3 aromatic carbocycles. The van der Waals surface area contributed by atoms with Crippen LogP contribution in [-0.2, 0) is 5.60 Å². The highest BCUT2D eigenvalue weighted by atomic mass is 19.2. The maximum absolute atomic E-state index is 13.3. The topological polar surface area (TPSA) is 49.3 Å². The number of rotatable bonds is 5. The molecule has 0 fully saturated rings. The summed E-state index contributed by atoms with van der Waals surface area (Å²) in [5, 5.41) is 13.2. The van der Waals surface area contributed by atoms with E-state index in [1.807, 2.05) is 42.5 Å². The maximum atomic E-state index is 13.3. The van der Waals surface area contributed by atoms with Gasteiger partial charge in [0, 0.05) is 5.56 Å². The molecule has 0 saturated carbocycles. The fraction of sp³-hybridized carbons (Fsp3) is 0.136. The lowest BCUT2D eigenvalue weighted by Crippen LogP contribution is -2.38. The molecule has 3 aromatic rings. The van der Waals surface area contributed by atoms with E-state index >= 15 is 0 Å². The molecule has 0 aliphatic carbocycles. The van der Waals surface area contributed by atoms with Gasteiger partial charge in [-0.1, -0.05) is 54.6 Å². The fourth-order valence-electron chi connectivity index (χ4n) is 2.75. The molecule has 1 unspecified atom stereocenters. The van der Waals surface area contributed by atoms with Gasteiger partial charge < -0.3 is 10.4 Å². The van der Waals surface area contributed by atoms with E-state index in [0.29, 0.717) is 5.56 Å². The average Bonchev–Trinajstić information content (AvgIpc) is 2.69. The molecule has 5 heteroatoms. The van der Waals surface area contributed by atoms with Gasteiger partial charge in [-0.2, -0.15) is 0 Å². The van der Waals surface area contributed by atoms with Gasteiger partial charge in [0.05, 0.1) is 6.54 Å². The van der Waals surface area contributed by atoms with Crippen LogP contribution in [0, 0.1) is 11.6 Å². The van der Waals surface area contributed by atoms with Crippen molar-refractivity contribution in [2.45, 2.75) is 12.5 Å². The van der Waals surface area contributed by atoms with Gasteiger partial charge in [-0.3, -0.25) is 4.79 Å². The largest absolute Gasteiger partial charge is 0.384 e. The highest BCUT2D eigenvalue weighted by molar-refractivity contribution is 5.94. The molecule has 3 nitrogen and oxygen atoms in total. The van der Waals surface area contributed by atoms with Gasteiger partial charge in [0.1, 0.15) is 5.60 Å². The van der Waals surface area contributed by atoms with E-state index < -0.39 is 23.1 Å². The molecule has 1 atom stereocenters. The van der Waals surface area contributed by atoms with Gasteiger partial charge in [-0.25, -0.2) is 8.78 Å². The van der Waals surface area contributed by atoms with Crippen molar-refractivity contribution in [2.24, 2.45) is 0 Å². The van der Waals surface area contributed by atoms with E-state index in [1.54, 1.807) is 19.1 Å². The molecule has 0 aromatic heterocycles. The highest BCUT2D eigenvalue weighted by Crippen LogP contribution is 2.25. The molecular weight excluding hydrogens is 348 g/mol. The van der Waals surface area contributed by atoms with Crippen molar-refractivity contribution in [3.8, 4) is 11.1 Å². The number of halogens is 2. The predicted octanol–water partition coefficient (Wildman–Crippen LogP) is 4.27. The minimum atomic E-state index is -1.32. The van der Waals surface area contributed by atoms with E-state index in [-0.39, 0.29) is 12.1 Å². The number of carbonyl (C=O) groups is 1. The zero-order chi connectivity index (χ0) is 19.4. The van der Waals surface area contributed by atoms with Crippen LogP contribution in [0.2, 0.25) is 0 Å². The number of hydrogen-bond donors (Lipinski definition) is 2. The van der Waals surface area contributed by atoms with Gasteiger partial charge in [-0.15, -0.1) is 0 Å². The van der Waals surface area contributed by atoms with Gasteiger partial charge in [0.25, 0.3) is 5.91 Å². The zero-order valence-electron chi connectivity index (χ0n) is 14.7. The van der Waals surface area contributed by atoms with Crippen LogP contribution in [-0.4, -0.2) is 17.6 Å². The lowest BCUT2D eigenvalue weighted by atomic mass is 9.93. The lowest BCUT2D eigenvalue weighted by Gasteiger charge is -2.24. The number of carbonyl (C=O) groups excluding carboxylic acids is 1. The molecule has 3 rings (SSSR count). The summed E-state index contributed by atoms with van der Waals surface area (Å²) in [7, 11) is 0. The molecule has 27 heavy (non-hydrogen) atoms. The number of aliphatic hydroxyl groups is 1. The van der Waals surface area contributed by atoms with Crippen molar-refractivity contribution in [3.63, 3.8) is 0 Å². The van der Waals surface area contributed by atoms with Crippen LogP contribution in [0.5, 0.6) is 0 Å².